The van der Waals surface area contributed by atoms with Crippen molar-refractivity contribution in [3.63, 3.8) is 0 Å². The fourth-order valence-corrected chi connectivity index (χ4v) is 2.55. The Kier molecular flexibility index (Phi) is 5.80. The molecular weight excluding hydrogens is 302 g/mol. The van der Waals surface area contributed by atoms with Gasteiger partial charge in [-0.15, -0.1) is 0 Å². The molecule has 120 valence electrons. The van der Waals surface area contributed by atoms with Gasteiger partial charge in [-0.1, -0.05) is 18.5 Å². The minimum Gasteiger partial charge on any atom is -0.355 e. The van der Waals surface area contributed by atoms with Crippen LogP contribution in [0.2, 0.25) is 5.02 Å². The topological polar surface area (TPSA) is 52.7 Å². The SMILES string of the molecule is CCN(C)CCNC(=O)[C@H]1CC(=O)N(c2ccc(Cl)cc2)C1. The van der Waals surface area contributed by atoms with E-state index >= 15 is 0 Å². The molecule has 1 N–H and O–H groups in total. The van der Waals surface area contributed by atoms with Crippen LogP contribution >= 0.6 is 11.6 Å². The molecule has 0 unspecified atom stereocenters. The number of anilines is 1. The van der Waals surface area contributed by atoms with E-state index < -0.39 is 0 Å². The first-order valence-corrected chi connectivity index (χ1v) is 7.91. The summed E-state index contributed by atoms with van der Waals surface area (Å²) in [7, 11) is 2.01. The minimum atomic E-state index is -0.282. The molecule has 1 aromatic rings. The summed E-state index contributed by atoms with van der Waals surface area (Å²) in [6, 6.07) is 7.10. The van der Waals surface area contributed by atoms with E-state index in [2.05, 4.69) is 17.1 Å². The second kappa shape index (κ2) is 7.61. The summed E-state index contributed by atoms with van der Waals surface area (Å²) in [5.74, 6) is -0.349. The van der Waals surface area contributed by atoms with E-state index in [0.29, 0.717) is 18.1 Å². The molecule has 0 aliphatic carbocycles. The van der Waals surface area contributed by atoms with Gasteiger partial charge in [0, 0.05) is 36.8 Å². The summed E-state index contributed by atoms with van der Waals surface area (Å²) >= 11 is 5.86. The Morgan fingerprint density at radius 3 is 2.73 bits per heavy atom. The predicted octanol–water partition coefficient (Wildman–Crippen LogP) is 1.76. The highest BCUT2D eigenvalue weighted by atomic mass is 35.5. The summed E-state index contributed by atoms with van der Waals surface area (Å²) in [6.45, 7) is 4.86. The Balaban J connectivity index is 1.88. The summed E-state index contributed by atoms with van der Waals surface area (Å²) in [4.78, 5) is 28.0. The van der Waals surface area contributed by atoms with Crippen molar-refractivity contribution in [1.82, 2.24) is 10.2 Å². The van der Waals surface area contributed by atoms with Crippen molar-refractivity contribution in [3.05, 3.63) is 29.3 Å². The summed E-state index contributed by atoms with van der Waals surface area (Å²) in [6.07, 6.45) is 0.262. The zero-order chi connectivity index (χ0) is 16.1. The first-order chi connectivity index (χ1) is 10.5. The molecule has 1 atom stereocenters. The second-order valence-electron chi connectivity index (χ2n) is 5.57. The van der Waals surface area contributed by atoms with E-state index in [1.807, 2.05) is 7.05 Å². The zero-order valence-electron chi connectivity index (χ0n) is 13.0. The van der Waals surface area contributed by atoms with Gasteiger partial charge in [0.05, 0.1) is 5.92 Å². The molecule has 5 nitrogen and oxygen atoms in total. The van der Waals surface area contributed by atoms with Crippen LogP contribution in [0.1, 0.15) is 13.3 Å². The lowest BCUT2D eigenvalue weighted by molar-refractivity contribution is -0.126. The maximum atomic E-state index is 12.2. The molecule has 0 saturated carbocycles. The van der Waals surface area contributed by atoms with Crippen LogP contribution < -0.4 is 10.2 Å². The number of nitrogens with one attached hydrogen (secondary N) is 1. The van der Waals surface area contributed by atoms with Gasteiger partial charge in [0.15, 0.2) is 0 Å². The Morgan fingerprint density at radius 1 is 1.41 bits per heavy atom. The van der Waals surface area contributed by atoms with Gasteiger partial charge in [-0.05, 0) is 37.9 Å². The van der Waals surface area contributed by atoms with Crippen LogP contribution in [0, 0.1) is 5.92 Å². The van der Waals surface area contributed by atoms with Crippen LogP contribution in [0.15, 0.2) is 24.3 Å². The number of carbonyl (C=O) groups is 2. The average Bonchev–Trinajstić information content (AvgIpc) is 2.90. The molecule has 1 fully saturated rings. The second-order valence-corrected chi connectivity index (χ2v) is 6.01. The van der Waals surface area contributed by atoms with Gasteiger partial charge in [-0.25, -0.2) is 0 Å². The van der Waals surface area contributed by atoms with Gasteiger partial charge < -0.3 is 15.1 Å². The van der Waals surface area contributed by atoms with Crippen molar-refractivity contribution >= 4 is 29.1 Å². The van der Waals surface area contributed by atoms with E-state index in [4.69, 9.17) is 11.6 Å². The molecule has 1 aromatic carbocycles. The van der Waals surface area contributed by atoms with Crippen LogP contribution in [-0.4, -0.2) is 49.9 Å². The monoisotopic (exact) mass is 323 g/mol. The lowest BCUT2D eigenvalue weighted by Gasteiger charge is -2.17. The number of nitrogens with zero attached hydrogens (tertiary/aromatic N) is 2. The lowest BCUT2D eigenvalue weighted by Crippen LogP contribution is -2.37. The maximum Gasteiger partial charge on any atom is 0.227 e. The number of benzene rings is 1. The molecule has 2 rings (SSSR count). The maximum absolute atomic E-state index is 12.2. The lowest BCUT2D eigenvalue weighted by atomic mass is 10.1. The third-order valence-corrected chi connectivity index (χ3v) is 4.22. The normalized spacial score (nSPS) is 18.1. The van der Waals surface area contributed by atoms with Crippen molar-refractivity contribution < 1.29 is 9.59 Å². The highest BCUT2D eigenvalue weighted by Gasteiger charge is 2.34. The molecule has 22 heavy (non-hydrogen) atoms. The van der Waals surface area contributed by atoms with Crippen LogP contribution in [-0.2, 0) is 9.59 Å². The summed E-state index contributed by atoms with van der Waals surface area (Å²) in [5.41, 5.74) is 0.787. The largest absolute Gasteiger partial charge is 0.355 e. The Hall–Kier alpha value is -1.59. The molecule has 0 spiro atoms. The van der Waals surface area contributed by atoms with Gasteiger partial charge >= 0.3 is 0 Å². The first kappa shape index (κ1) is 16.8. The minimum absolute atomic E-state index is 0.0202. The fraction of sp³-hybridized carbons (Fsp3) is 0.500. The molecule has 1 heterocycles. The molecule has 2 amide bonds. The van der Waals surface area contributed by atoms with E-state index in [1.165, 1.54) is 0 Å². The summed E-state index contributed by atoms with van der Waals surface area (Å²) < 4.78 is 0. The highest BCUT2D eigenvalue weighted by molar-refractivity contribution is 6.30. The first-order valence-electron chi connectivity index (χ1n) is 7.53. The van der Waals surface area contributed by atoms with Crippen LogP contribution in [0.25, 0.3) is 0 Å². The van der Waals surface area contributed by atoms with E-state index in [9.17, 15) is 9.59 Å². The van der Waals surface area contributed by atoms with Crippen molar-refractivity contribution in [2.45, 2.75) is 13.3 Å². The van der Waals surface area contributed by atoms with Crippen molar-refractivity contribution in [1.29, 1.82) is 0 Å². The fourth-order valence-electron chi connectivity index (χ4n) is 2.43. The van der Waals surface area contributed by atoms with Crippen LogP contribution in [0.4, 0.5) is 5.69 Å². The van der Waals surface area contributed by atoms with Crippen LogP contribution in [0.3, 0.4) is 0 Å². The van der Waals surface area contributed by atoms with Crippen molar-refractivity contribution in [2.75, 3.05) is 38.1 Å². The van der Waals surface area contributed by atoms with Crippen molar-refractivity contribution in [2.24, 2.45) is 5.92 Å². The van der Waals surface area contributed by atoms with Crippen LogP contribution in [0.5, 0.6) is 0 Å². The van der Waals surface area contributed by atoms with Gasteiger partial charge in [0.25, 0.3) is 0 Å². The number of amides is 2. The van der Waals surface area contributed by atoms with E-state index in [1.54, 1.807) is 29.2 Å². The number of rotatable bonds is 6. The van der Waals surface area contributed by atoms with Gasteiger partial charge in [-0.3, -0.25) is 9.59 Å². The summed E-state index contributed by atoms with van der Waals surface area (Å²) in [5, 5.41) is 3.54. The molecule has 0 aromatic heterocycles. The van der Waals surface area contributed by atoms with Gasteiger partial charge in [0.2, 0.25) is 11.8 Å². The Labute approximate surface area is 136 Å². The smallest absolute Gasteiger partial charge is 0.227 e. The molecule has 1 saturated heterocycles. The molecule has 1 aliphatic rings. The van der Waals surface area contributed by atoms with E-state index in [0.717, 1.165) is 18.8 Å². The number of halogens is 1. The average molecular weight is 324 g/mol. The quantitative estimate of drug-likeness (QED) is 0.868. The molecule has 0 bridgehead atoms. The third kappa shape index (κ3) is 4.21. The molecule has 6 heteroatoms. The number of hydrogen-bond donors (Lipinski definition) is 1. The Morgan fingerprint density at radius 2 is 2.09 bits per heavy atom. The third-order valence-electron chi connectivity index (χ3n) is 3.97. The number of hydrogen-bond acceptors (Lipinski definition) is 3. The molecule has 1 aliphatic heterocycles. The van der Waals surface area contributed by atoms with Gasteiger partial charge in [0.1, 0.15) is 0 Å². The number of carbonyl (C=O) groups excluding carboxylic acids is 2. The number of likely N-dealkylation sites (N-methyl/N-ethyl adjacent to an activating group) is 1. The van der Waals surface area contributed by atoms with E-state index in [-0.39, 0.29) is 24.2 Å². The Bertz CT molecular complexity index is 533. The molecule has 0 radical (unpaired) electrons. The molecular formula is C16H22ClN3O2. The standard InChI is InChI=1S/C16H22ClN3O2/c1-3-19(2)9-8-18-16(22)12-10-15(21)20(11-12)14-6-4-13(17)5-7-14/h4-7,12H,3,8-11H2,1-2H3,(H,18,22)/t12-/m0/s1. The highest BCUT2D eigenvalue weighted by Crippen LogP contribution is 2.26. The zero-order valence-corrected chi connectivity index (χ0v) is 13.8. The van der Waals surface area contributed by atoms with Crippen molar-refractivity contribution in [3.8, 4) is 0 Å². The van der Waals surface area contributed by atoms with Gasteiger partial charge in [-0.2, -0.15) is 0 Å². The predicted molar refractivity (Wildman–Crippen MR) is 88.1 cm³/mol.